The molecular weight excluding hydrogens is 280 g/mol. The zero-order valence-corrected chi connectivity index (χ0v) is 12.1. The molecule has 0 heterocycles. The van der Waals surface area contributed by atoms with E-state index in [1.807, 2.05) is 6.07 Å². The minimum atomic E-state index is -0.374. The summed E-state index contributed by atoms with van der Waals surface area (Å²) in [7, 11) is 1.77. The molecule has 2 aromatic rings. The Hall–Kier alpha value is -1.45. The van der Waals surface area contributed by atoms with Crippen LogP contribution >= 0.6 is 11.6 Å². The number of likely N-dealkylation sites (N-methyl/N-ethyl adjacent to an activating group) is 1. The van der Waals surface area contributed by atoms with Gasteiger partial charge in [-0.1, -0.05) is 35.9 Å². The monoisotopic (exact) mass is 295 g/mol. The van der Waals surface area contributed by atoms with Crippen molar-refractivity contribution in [2.24, 2.45) is 0 Å². The van der Waals surface area contributed by atoms with Crippen LogP contribution in [0.25, 0.3) is 0 Å². The molecule has 0 spiro atoms. The molecule has 1 N–H and O–H groups in total. The van der Waals surface area contributed by atoms with Crippen LogP contribution in [-0.4, -0.2) is 7.05 Å². The van der Waals surface area contributed by atoms with Crippen LogP contribution in [0, 0.1) is 18.6 Å². The van der Waals surface area contributed by atoms with E-state index < -0.39 is 0 Å². The number of halogens is 3. The molecule has 1 atom stereocenters. The van der Waals surface area contributed by atoms with Gasteiger partial charge in [-0.25, -0.2) is 8.78 Å². The van der Waals surface area contributed by atoms with Gasteiger partial charge >= 0.3 is 0 Å². The summed E-state index contributed by atoms with van der Waals surface area (Å²) < 4.78 is 27.2. The molecule has 0 fully saturated rings. The normalized spacial score (nSPS) is 12.4. The van der Waals surface area contributed by atoms with Gasteiger partial charge in [0.05, 0.1) is 0 Å². The Bertz CT molecular complexity index is 613. The number of hydrogen-bond donors (Lipinski definition) is 1. The molecular formula is C16H16ClF2N. The van der Waals surface area contributed by atoms with E-state index in [0.29, 0.717) is 22.6 Å². The molecule has 0 saturated carbocycles. The van der Waals surface area contributed by atoms with Crippen LogP contribution in [0.15, 0.2) is 36.4 Å². The van der Waals surface area contributed by atoms with Gasteiger partial charge in [-0.05, 0) is 43.7 Å². The predicted octanol–water partition coefficient (Wildman–Crippen LogP) is 4.43. The average Bonchev–Trinajstić information content (AvgIpc) is 2.42. The minimum absolute atomic E-state index is 0.210. The Morgan fingerprint density at radius 1 is 1.20 bits per heavy atom. The van der Waals surface area contributed by atoms with Crippen molar-refractivity contribution in [1.82, 2.24) is 5.32 Å². The lowest BCUT2D eigenvalue weighted by atomic mass is 9.97. The Morgan fingerprint density at radius 2 is 1.95 bits per heavy atom. The molecule has 1 nitrogen and oxygen atoms in total. The quantitative estimate of drug-likeness (QED) is 0.880. The Balaban J connectivity index is 2.31. The Kier molecular flexibility index (Phi) is 4.73. The first-order valence-electron chi connectivity index (χ1n) is 6.39. The summed E-state index contributed by atoms with van der Waals surface area (Å²) in [6, 6.07) is 9.37. The fourth-order valence-electron chi connectivity index (χ4n) is 2.21. The van der Waals surface area contributed by atoms with Crippen LogP contribution in [-0.2, 0) is 6.42 Å². The molecule has 0 radical (unpaired) electrons. The standard InChI is InChI=1S/C16H16ClF2N/c1-10-4-3-5-13(16(10)19)15(20-2)8-11-6-7-12(18)9-14(11)17/h3-7,9,15,20H,8H2,1-2H3. The first kappa shape index (κ1) is 14.9. The van der Waals surface area contributed by atoms with E-state index in [0.717, 1.165) is 5.56 Å². The van der Waals surface area contributed by atoms with Gasteiger partial charge < -0.3 is 5.32 Å². The molecule has 0 aromatic heterocycles. The Labute approximate surface area is 122 Å². The molecule has 0 aliphatic carbocycles. The summed E-state index contributed by atoms with van der Waals surface area (Å²) in [4.78, 5) is 0. The number of rotatable bonds is 4. The maximum Gasteiger partial charge on any atom is 0.130 e. The predicted molar refractivity (Wildman–Crippen MR) is 78.1 cm³/mol. The lowest BCUT2D eigenvalue weighted by Gasteiger charge is -2.19. The van der Waals surface area contributed by atoms with E-state index in [1.165, 1.54) is 12.1 Å². The highest BCUT2D eigenvalue weighted by Gasteiger charge is 2.17. The first-order chi connectivity index (χ1) is 9.52. The molecule has 0 aliphatic rings. The summed E-state index contributed by atoms with van der Waals surface area (Å²) in [6.45, 7) is 1.73. The van der Waals surface area contributed by atoms with E-state index in [-0.39, 0.29) is 17.7 Å². The van der Waals surface area contributed by atoms with Crippen molar-refractivity contribution in [3.63, 3.8) is 0 Å². The van der Waals surface area contributed by atoms with Crippen LogP contribution in [0.5, 0.6) is 0 Å². The second kappa shape index (κ2) is 6.33. The van der Waals surface area contributed by atoms with Crippen molar-refractivity contribution in [2.75, 3.05) is 7.05 Å². The van der Waals surface area contributed by atoms with Gasteiger partial charge in [-0.3, -0.25) is 0 Å². The molecule has 0 amide bonds. The van der Waals surface area contributed by atoms with Crippen molar-refractivity contribution in [1.29, 1.82) is 0 Å². The van der Waals surface area contributed by atoms with Gasteiger partial charge in [-0.2, -0.15) is 0 Å². The van der Waals surface area contributed by atoms with E-state index in [2.05, 4.69) is 5.32 Å². The molecule has 1 unspecified atom stereocenters. The average molecular weight is 296 g/mol. The molecule has 2 aromatic carbocycles. The van der Waals surface area contributed by atoms with Crippen LogP contribution < -0.4 is 5.32 Å². The van der Waals surface area contributed by atoms with E-state index in [9.17, 15) is 8.78 Å². The molecule has 106 valence electrons. The van der Waals surface area contributed by atoms with E-state index >= 15 is 0 Å². The third-order valence-electron chi connectivity index (χ3n) is 3.38. The van der Waals surface area contributed by atoms with Crippen LogP contribution in [0.3, 0.4) is 0 Å². The van der Waals surface area contributed by atoms with E-state index in [1.54, 1.807) is 32.2 Å². The van der Waals surface area contributed by atoms with Crippen molar-refractivity contribution in [3.8, 4) is 0 Å². The third kappa shape index (κ3) is 3.17. The van der Waals surface area contributed by atoms with Gasteiger partial charge in [0, 0.05) is 16.6 Å². The number of hydrogen-bond acceptors (Lipinski definition) is 1. The van der Waals surface area contributed by atoms with E-state index in [4.69, 9.17) is 11.6 Å². The van der Waals surface area contributed by atoms with Crippen LogP contribution in [0.4, 0.5) is 8.78 Å². The maximum atomic E-state index is 14.2. The smallest absolute Gasteiger partial charge is 0.130 e. The van der Waals surface area contributed by atoms with Gasteiger partial charge in [-0.15, -0.1) is 0 Å². The summed E-state index contributed by atoms with van der Waals surface area (Å²) in [5.41, 5.74) is 1.98. The summed E-state index contributed by atoms with van der Waals surface area (Å²) in [5.74, 6) is -0.591. The van der Waals surface area contributed by atoms with Gasteiger partial charge in [0.15, 0.2) is 0 Å². The molecule has 4 heteroatoms. The fourth-order valence-corrected chi connectivity index (χ4v) is 2.46. The number of nitrogens with one attached hydrogen (secondary N) is 1. The highest BCUT2D eigenvalue weighted by atomic mass is 35.5. The SMILES string of the molecule is CNC(Cc1ccc(F)cc1Cl)c1cccc(C)c1F. The topological polar surface area (TPSA) is 12.0 Å². The van der Waals surface area contributed by atoms with Crippen LogP contribution in [0.2, 0.25) is 5.02 Å². The second-order valence-electron chi connectivity index (χ2n) is 4.76. The molecule has 20 heavy (non-hydrogen) atoms. The summed E-state index contributed by atoms with van der Waals surface area (Å²) in [6.07, 6.45) is 0.496. The summed E-state index contributed by atoms with van der Waals surface area (Å²) >= 11 is 6.03. The lowest BCUT2D eigenvalue weighted by Crippen LogP contribution is -2.20. The molecule has 2 rings (SSSR count). The second-order valence-corrected chi connectivity index (χ2v) is 5.17. The van der Waals surface area contributed by atoms with Crippen molar-refractivity contribution >= 4 is 11.6 Å². The zero-order chi connectivity index (χ0) is 14.7. The van der Waals surface area contributed by atoms with Gasteiger partial charge in [0.2, 0.25) is 0 Å². The molecule has 0 bridgehead atoms. The number of aryl methyl sites for hydroxylation is 1. The van der Waals surface area contributed by atoms with Crippen molar-refractivity contribution in [3.05, 3.63) is 69.7 Å². The highest BCUT2D eigenvalue weighted by molar-refractivity contribution is 6.31. The maximum absolute atomic E-state index is 14.2. The molecule has 0 aliphatic heterocycles. The lowest BCUT2D eigenvalue weighted by molar-refractivity contribution is 0.529. The molecule has 0 saturated heterocycles. The Morgan fingerprint density at radius 3 is 2.60 bits per heavy atom. The third-order valence-corrected chi connectivity index (χ3v) is 3.74. The minimum Gasteiger partial charge on any atom is -0.313 e. The van der Waals surface area contributed by atoms with Gasteiger partial charge in [0.1, 0.15) is 11.6 Å². The largest absolute Gasteiger partial charge is 0.313 e. The van der Waals surface area contributed by atoms with Crippen molar-refractivity contribution < 1.29 is 8.78 Å². The number of benzene rings is 2. The van der Waals surface area contributed by atoms with Crippen molar-refractivity contribution in [2.45, 2.75) is 19.4 Å². The summed E-state index contributed by atoms with van der Waals surface area (Å²) in [5, 5.41) is 3.44. The first-order valence-corrected chi connectivity index (χ1v) is 6.77. The highest BCUT2D eigenvalue weighted by Crippen LogP contribution is 2.26. The fraction of sp³-hybridized carbons (Fsp3) is 0.250. The zero-order valence-electron chi connectivity index (χ0n) is 11.4. The van der Waals surface area contributed by atoms with Crippen LogP contribution in [0.1, 0.15) is 22.7 Å². The van der Waals surface area contributed by atoms with Gasteiger partial charge in [0.25, 0.3) is 0 Å².